The summed E-state index contributed by atoms with van der Waals surface area (Å²) in [6.07, 6.45) is 3.76. The first-order valence-corrected chi connectivity index (χ1v) is 7.96. The molecular formula is C17H16BrCl. The molecule has 0 fully saturated rings. The first-order valence-electron chi connectivity index (χ1n) is 6.67. The molecule has 0 nitrogen and oxygen atoms in total. The van der Waals surface area contributed by atoms with E-state index in [1.807, 2.05) is 12.1 Å². The van der Waals surface area contributed by atoms with Crippen molar-refractivity contribution in [3.63, 3.8) is 0 Å². The molecule has 0 bridgehead atoms. The minimum Gasteiger partial charge on any atom is -0.0843 e. The number of hydrogen-bond acceptors (Lipinski definition) is 0. The molecule has 0 N–H and O–H groups in total. The van der Waals surface area contributed by atoms with Gasteiger partial charge in [-0.15, -0.1) is 0 Å². The second-order valence-electron chi connectivity index (χ2n) is 5.25. The van der Waals surface area contributed by atoms with Gasteiger partial charge in [0.2, 0.25) is 0 Å². The van der Waals surface area contributed by atoms with E-state index in [-0.39, 0.29) is 4.83 Å². The molecule has 1 aliphatic carbocycles. The van der Waals surface area contributed by atoms with Crippen LogP contribution in [0.1, 0.15) is 39.1 Å². The molecule has 2 aromatic rings. The molecule has 0 aromatic heterocycles. The van der Waals surface area contributed by atoms with Gasteiger partial charge in [0, 0.05) is 5.02 Å². The van der Waals surface area contributed by atoms with Crippen LogP contribution in [-0.4, -0.2) is 0 Å². The van der Waals surface area contributed by atoms with Gasteiger partial charge in [-0.05, 0) is 66.1 Å². The number of alkyl halides is 1. The molecule has 0 spiro atoms. The standard InChI is InChI=1S/C17H16BrCl/c1-11-9-15(19)7-8-16(11)17(18)14-6-5-12-3-2-4-13(12)10-14/h5-10,17H,2-4H2,1H3. The molecule has 0 heterocycles. The lowest BCUT2D eigenvalue weighted by Gasteiger charge is -2.15. The van der Waals surface area contributed by atoms with Crippen LogP contribution in [-0.2, 0) is 12.8 Å². The van der Waals surface area contributed by atoms with Gasteiger partial charge >= 0.3 is 0 Å². The van der Waals surface area contributed by atoms with Crippen LogP contribution in [0.4, 0.5) is 0 Å². The van der Waals surface area contributed by atoms with Gasteiger partial charge in [-0.25, -0.2) is 0 Å². The molecule has 2 heteroatoms. The Morgan fingerprint density at radius 2 is 1.84 bits per heavy atom. The quantitative estimate of drug-likeness (QED) is 0.625. The average molecular weight is 336 g/mol. The van der Waals surface area contributed by atoms with Gasteiger partial charge in [0.15, 0.2) is 0 Å². The van der Waals surface area contributed by atoms with Gasteiger partial charge in [0.25, 0.3) is 0 Å². The van der Waals surface area contributed by atoms with E-state index in [0.717, 1.165) is 5.02 Å². The van der Waals surface area contributed by atoms with Crippen LogP contribution in [0.5, 0.6) is 0 Å². The summed E-state index contributed by atoms with van der Waals surface area (Å²) in [6.45, 7) is 2.11. The minimum absolute atomic E-state index is 0.246. The van der Waals surface area contributed by atoms with Crippen molar-refractivity contribution in [3.05, 3.63) is 69.2 Å². The maximum absolute atomic E-state index is 6.03. The van der Waals surface area contributed by atoms with Crippen molar-refractivity contribution < 1.29 is 0 Å². The fourth-order valence-electron chi connectivity index (χ4n) is 2.85. The Hall–Kier alpha value is -0.790. The molecule has 1 unspecified atom stereocenters. The Bertz CT molecular complexity index is 619. The normalized spacial score (nSPS) is 15.3. The number of hydrogen-bond donors (Lipinski definition) is 0. The summed E-state index contributed by atoms with van der Waals surface area (Å²) in [5, 5.41) is 0.801. The highest BCUT2D eigenvalue weighted by Gasteiger charge is 2.16. The summed E-state index contributed by atoms with van der Waals surface area (Å²) in [5.41, 5.74) is 6.91. The molecule has 98 valence electrons. The smallest absolute Gasteiger partial charge is 0.0647 e. The van der Waals surface area contributed by atoms with E-state index in [9.17, 15) is 0 Å². The second-order valence-corrected chi connectivity index (χ2v) is 6.60. The fourth-order valence-corrected chi connectivity index (χ4v) is 3.88. The van der Waals surface area contributed by atoms with Crippen LogP contribution in [0, 0.1) is 6.92 Å². The van der Waals surface area contributed by atoms with E-state index in [1.54, 1.807) is 0 Å². The van der Waals surface area contributed by atoms with Crippen LogP contribution >= 0.6 is 27.5 Å². The third-order valence-corrected chi connectivity index (χ3v) is 5.18. The molecule has 1 atom stereocenters. The van der Waals surface area contributed by atoms with Crippen LogP contribution in [0.15, 0.2) is 36.4 Å². The van der Waals surface area contributed by atoms with Crippen LogP contribution < -0.4 is 0 Å². The highest BCUT2D eigenvalue weighted by molar-refractivity contribution is 9.09. The first-order chi connectivity index (χ1) is 9.15. The van der Waals surface area contributed by atoms with Crippen molar-refractivity contribution in [2.45, 2.75) is 31.0 Å². The number of aryl methyl sites for hydroxylation is 3. The first kappa shape index (κ1) is 13.2. The van der Waals surface area contributed by atoms with E-state index in [2.05, 4.69) is 47.1 Å². The van der Waals surface area contributed by atoms with E-state index in [4.69, 9.17) is 11.6 Å². The van der Waals surface area contributed by atoms with Gasteiger partial charge in [0.1, 0.15) is 0 Å². The molecule has 0 amide bonds. The van der Waals surface area contributed by atoms with Crippen molar-refractivity contribution >= 4 is 27.5 Å². The molecular weight excluding hydrogens is 320 g/mol. The van der Waals surface area contributed by atoms with Crippen molar-refractivity contribution in [2.24, 2.45) is 0 Å². The SMILES string of the molecule is Cc1cc(Cl)ccc1C(Br)c1ccc2c(c1)CCC2. The zero-order valence-electron chi connectivity index (χ0n) is 10.9. The molecule has 0 radical (unpaired) electrons. The van der Waals surface area contributed by atoms with Crippen LogP contribution in [0.3, 0.4) is 0 Å². The molecule has 19 heavy (non-hydrogen) atoms. The zero-order chi connectivity index (χ0) is 13.4. The summed E-state index contributed by atoms with van der Waals surface area (Å²) in [7, 11) is 0. The molecule has 3 rings (SSSR count). The number of fused-ring (bicyclic) bond motifs is 1. The lowest BCUT2D eigenvalue weighted by molar-refractivity contribution is 0.911. The maximum Gasteiger partial charge on any atom is 0.0647 e. The highest BCUT2D eigenvalue weighted by Crippen LogP contribution is 2.36. The Balaban J connectivity index is 1.97. The Morgan fingerprint density at radius 3 is 2.63 bits per heavy atom. The molecule has 0 saturated heterocycles. The average Bonchev–Trinajstić information content (AvgIpc) is 2.85. The summed E-state index contributed by atoms with van der Waals surface area (Å²) < 4.78 is 0. The van der Waals surface area contributed by atoms with Gasteiger partial charge in [-0.2, -0.15) is 0 Å². The van der Waals surface area contributed by atoms with Gasteiger partial charge in [0.05, 0.1) is 4.83 Å². The van der Waals surface area contributed by atoms with E-state index in [0.29, 0.717) is 0 Å². The fraction of sp³-hybridized carbons (Fsp3) is 0.294. The van der Waals surface area contributed by atoms with Crippen molar-refractivity contribution in [1.82, 2.24) is 0 Å². The lowest BCUT2D eigenvalue weighted by atomic mass is 9.98. The zero-order valence-corrected chi connectivity index (χ0v) is 13.3. The second kappa shape index (κ2) is 5.30. The van der Waals surface area contributed by atoms with Crippen LogP contribution in [0.25, 0.3) is 0 Å². The predicted octanol–water partition coefficient (Wildman–Crippen LogP) is 5.62. The van der Waals surface area contributed by atoms with Crippen molar-refractivity contribution in [2.75, 3.05) is 0 Å². The van der Waals surface area contributed by atoms with E-state index in [1.165, 1.54) is 47.1 Å². The Morgan fingerprint density at radius 1 is 1.05 bits per heavy atom. The predicted molar refractivity (Wildman–Crippen MR) is 85.4 cm³/mol. The summed E-state index contributed by atoms with van der Waals surface area (Å²) >= 11 is 9.86. The number of benzene rings is 2. The minimum atomic E-state index is 0.246. The lowest BCUT2D eigenvalue weighted by Crippen LogP contribution is -1.97. The van der Waals surface area contributed by atoms with Gasteiger partial charge in [-0.1, -0.05) is 51.8 Å². The van der Waals surface area contributed by atoms with E-state index < -0.39 is 0 Å². The summed E-state index contributed by atoms with van der Waals surface area (Å²) in [4.78, 5) is 0.246. The van der Waals surface area contributed by atoms with E-state index >= 15 is 0 Å². The van der Waals surface area contributed by atoms with Gasteiger partial charge in [-0.3, -0.25) is 0 Å². The number of halogens is 2. The molecule has 0 aliphatic heterocycles. The third-order valence-electron chi connectivity index (χ3n) is 3.92. The number of rotatable bonds is 2. The Labute approximate surface area is 127 Å². The van der Waals surface area contributed by atoms with Crippen LogP contribution in [0.2, 0.25) is 5.02 Å². The maximum atomic E-state index is 6.03. The molecule has 2 aromatic carbocycles. The molecule has 0 saturated carbocycles. The Kier molecular flexibility index (Phi) is 3.68. The topological polar surface area (TPSA) is 0 Å². The van der Waals surface area contributed by atoms with Crippen molar-refractivity contribution in [3.8, 4) is 0 Å². The van der Waals surface area contributed by atoms with Gasteiger partial charge < -0.3 is 0 Å². The highest BCUT2D eigenvalue weighted by atomic mass is 79.9. The molecule has 1 aliphatic rings. The monoisotopic (exact) mass is 334 g/mol. The summed E-state index contributed by atoms with van der Waals surface area (Å²) in [5.74, 6) is 0. The third kappa shape index (κ3) is 2.59. The van der Waals surface area contributed by atoms with Crippen molar-refractivity contribution in [1.29, 1.82) is 0 Å². The summed E-state index contributed by atoms with van der Waals surface area (Å²) in [6, 6.07) is 13.0. The largest absolute Gasteiger partial charge is 0.0843 e.